The summed E-state index contributed by atoms with van der Waals surface area (Å²) in [5.41, 5.74) is 1.90. The lowest BCUT2D eigenvalue weighted by atomic mass is 9.96. The third-order valence-electron chi connectivity index (χ3n) is 4.47. The summed E-state index contributed by atoms with van der Waals surface area (Å²) in [6.07, 6.45) is 1.07. The first-order valence-corrected chi connectivity index (χ1v) is 8.78. The number of benzene rings is 1. The number of nitrogens with zero attached hydrogens (tertiary/aromatic N) is 1. The maximum absolute atomic E-state index is 12.9. The van der Waals surface area contributed by atoms with Crippen LogP contribution in [0, 0.1) is 5.92 Å². The van der Waals surface area contributed by atoms with Gasteiger partial charge in [-0.2, -0.15) is 4.31 Å². The number of piperidine rings is 1. The first-order valence-electron chi connectivity index (χ1n) is 7.34. The Kier molecular flexibility index (Phi) is 3.96. The molecule has 0 amide bonds. The van der Waals surface area contributed by atoms with E-state index < -0.39 is 21.9 Å². The van der Waals surface area contributed by atoms with Crippen molar-refractivity contribution in [1.29, 1.82) is 0 Å². The van der Waals surface area contributed by atoms with Crippen molar-refractivity contribution in [1.82, 2.24) is 4.31 Å². The lowest BCUT2D eigenvalue weighted by Crippen LogP contribution is -2.47. The maximum atomic E-state index is 12.9. The molecule has 0 radical (unpaired) electrons. The van der Waals surface area contributed by atoms with Gasteiger partial charge in [0.25, 0.3) is 0 Å². The second-order valence-electron chi connectivity index (χ2n) is 5.96. The molecule has 1 fully saturated rings. The Morgan fingerprint density at radius 2 is 2.00 bits per heavy atom. The molecule has 0 saturated carbocycles. The highest BCUT2D eigenvalue weighted by atomic mass is 32.2. The molecule has 2 heterocycles. The lowest BCUT2D eigenvalue weighted by molar-refractivity contribution is -0.143. The van der Waals surface area contributed by atoms with Crippen molar-refractivity contribution in [2.75, 3.05) is 6.54 Å². The van der Waals surface area contributed by atoms with E-state index in [0.717, 1.165) is 11.1 Å². The van der Waals surface area contributed by atoms with Crippen molar-refractivity contribution in [3.8, 4) is 0 Å². The Morgan fingerprint density at radius 1 is 1.27 bits per heavy atom. The fraction of sp³-hybridized carbons (Fsp3) is 0.533. The number of rotatable bonds is 3. The molecule has 0 bridgehead atoms. The minimum atomic E-state index is -3.68. The van der Waals surface area contributed by atoms with Crippen LogP contribution in [0.15, 0.2) is 23.1 Å². The SMILES string of the molecule is CC1CCC(C(=O)O)CN1S(=O)(=O)c1ccc2c(c1)COC2. The summed E-state index contributed by atoms with van der Waals surface area (Å²) < 4.78 is 32.4. The van der Waals surface area contributed by atoms with Crippen LogP contribution in [-0.4, -0.2) is 36.4 Å². The molecule has 22 heavy (non-hydrogen) atoms. The molecule has 1 aromatic rings. The van der Waals surface area contributed by atoms with Crippen molar-refractivity contribution >= 4 is 16.0 Å². The number of hydrogen-bond acceptors (Lipinski definition) is 4. The van der Waals surface area contributed by atoms with Crippen LogP contribution in [0.5, 0.6) is 0 Å². The average Bonchev–Trinajstić information content (AvgIpc) is 2.94. The molecule has 0 aromatic heterocycles. The fourth-order valence-corrected chi connectivity index (χ4v) is 4.81. The highest BCUT2D eigenvalue weighted by molar-refractivity contribution is 7.89. The zero-order valence-electron chi connectivity index (χ0n) is 12.4. The second-order valence-corrected chi connectivity index (χ2v) is 7.85. The van der Waals surface area contributed by atoms with Gasteiger partial charge in [0.2, 0.25) is 10.0 Å². The lowest BCUT2D eigenvalue weighted by Gasteiger charge is -2.35. The number of carbonyl (C=O) groups is 1. The predicted molar refractivity (Wildman–Crippen MR) is 78.6 cm³/mol. The van der Waals surface area contributed by atoms with Gasteiger partial charge in [-0.1, -0.05) is 6.07 Å². The van der Waals surface area contributed by atoms with E-state index in [-0.39, 0.29) is 17.5 Å². The van der Waals surface area contributed by atoms with Crippen molar-refractivity contribution in [3.63, 3.8) is 0 Å². The molecule has 1 N–H and O–H groups in total. The molecular weight excluding hydrogens is 306 g/mol. The van der Waals surface area contributed by atoms with Crippen LogP contribution in [0.1, 0.15) is 30.9 Å². The van der Waals surface area contributed by atoms with E-state index in [4.69, 9.17) is 9.84 Å². The van der Waals surface area contributed by atoms with Gasteiger partial charge in [0.15, 0.2) is 0 Å². The summed E-state index contributed by atoms with van der Waals surface area (Å²) in [4.78, 5) is 11.4. The zero-order valence-corrected chi connectivity index (χ0v) is 13.2. The van der Waals surface area contributed by atoms with E-state index in [2.05, 4.69) is 0 Å². The molecule has 2 atom stereocenters. The van der Waals surface area contributed by atoms with E-state index in [0.29, 0.717) is 26.1 Å². The van der Waals surface area contributed by atoms with Gasteiger partial charge in [-0.05, 0) is 43.0 Å². The van der Waals surface area contributed by atoms with E-state index >= 15 is 0 Å². The molecule has 0 aliphatic carbocycles. The summed E-state index contributed by atoms with van der Waals surface area (Å²) in [5.74, 6) is -1.57. The summed E-state index contributed by atoms with van der Waals surface area (Å²) in [7, 11) is -3.68. The van der Waals surface area contributed by atoms with Gasteiger partial charge in [-0.25, -0.2) is 8.42 Å². The summed E-state index contributed by atoms with van der Waals surface area (Å²) in [6.45, 7) is 2.79. The number of hydrogen-bond donors (Lipinski definition) is 1. The normalized spacial score (nSPS) is 25.9. The summed E-state index contributed by atoms with van der Waals surface area (Å²) >= 11 is 0. The number of fused-ring (bicyclic) bond motifs is 1. The van der Waals surface area contributed by atoms with E-state index in [1.54, 1.807) is 18.2 Å². The van der Waals surface area contributed by atoms with E-state index in [1.807, 2.05) is 6.92 Å². The Balaban J connectivity index is 1.92. The standard InChI is InChI=1S/C15H19NO5S/c1-10-2-3-11(15(17)18)7-16(10)22(19,20)14-5-4-12-8-21-9-13(12)6-14/h4-6,10-11H,2-3,7-9H2,1H3,(H,17,18). The minimum Gasteiger partial charge on any atom is -0.481 e. The largest absolute Gasteiger partial charge is 0.481 e. The first kappa shape index (κ1) is 15.5. The summed E-state index contributed by atoms with van der Waals surface area (Å²) in [5, 5.41) is 9.17. The van der Waals surface area contributed by atoms with Crippen LogP contribution in [0.2, 0.25) is 0 Å². The highest BCUT2D eigenvalue weighted by Crippen LogP contribution is 2.30. The van der Waals surface area contributed by atoms with Crippen LogP contribution in [-0.2, 0) is 32.8 Å². The van der Waals surface area contributed by atoms with Gasteiger partial charge in [0.05, 0.1) is 24.0 Å². The van der Waals surface area contributed by atoms with Crippen LogP contribution in [0.3, 0.4) is 0 Å². The zero-order chi connectivity index (χ0) is 15.9. The Hall–Kier alpha value is -1.44. The van der Waals surface area contributed by atoms with E-state index in [9.17, 15) is 13.2 Å². The first-order chi connectivity index (χ1) is 10.4. The number of carboxylic acids is 1. The predicted octanol–water partition coefficient (Wildman–Crippen LogP) is 1.59. The van der Waals surface area contributed by atoms with Crippen molar-refractivity contribution in [2.24, 2.45) is 5.92 Å². The quantitative estimate of drug-likeness (QED) is 0.912. The van der Waals surface area contributed by atoms with Crippen molar-refractivity contribution in [2.45, 2.75) is 43.9 Å². The molecule has 2 aliphatic rings. The molecule has 2 unspecified atom stereocenters. The maximum Gasteiger partial charge on any atom is 0.307 e. The molecule has 1 aromatic carbocycles. The Morgan fingerprint density at radius 3 is 2.73 bits per heavy atom. The minimum absolute atomic E-state index is 0.0341. The third-order valence-corrected chi connectivity index (χ3v) is 6.45. The Bertz CT molecular complexity index is 700. The second kappa shape index (κ2) is 5.64. The topological polar surface area (TPSA) is 83.9 Å². The molecule has 7 heteroatoms. The number of sulfonamides is 1. The number of ether oxygens (including phenoxy) is 1. The van der Waals surface area contributed by atoms with Gasteiger partial charge in [-0.15, -0.1) is 0 Å². The molecule has 6 nitrogen and oxygen atoms in total. The van der Waals surface area contributed by atoms with Crippen LogP contribution in [0.25, 0.3) is 0 Å². The molecule has 0 spiro atoms. The smallest absolute Gasteiger partial charge is 0.307 e. The van der Waals surface area contributed by atoms with Crippen molar-refractivity contribution in [3.05, 3.63) is 29.3 Å². The average molecular weight is 325 g/mol. The molecule has 120 valence electrons. The third kappa shape index (κ3) is 2.64. The monoisotopic (exact) mass is 325 g/mol. The van der Waals surface area contributed by atoms with Crippen LogP contribution < -0.4 is 0 Å². The number of carboxylic acid groups (broad SMARTS) is 1. The summed E-state index contributed by atoms with van der Waals surface area (Å²) in [6, 6.07) is 4.82. The van der Waals surface area contributed by atoms with Gasteiger partial charge in [0.1, 0.15) is 0 Å². The fourth-order valence-electron chi connectivity index (χ4n) is 3.06. The van der Waals surface area contributed by atoms with Crippen molar-refractivity contribution < 1.29 is 23.1 Å². The molecular formula is C15H19NO5S. The Labute approximate surface area is 129 Å². The van der Waals surface area contributed by atoms with Crippen LogP contribution >= 0.6 is 0 Å². The van der Waals surface area contributed by atoms with Gasteiger partial charge < -0.3 is 9.84 Å². The van der Waals surface area contributed by atoms with Gasteiger partial charge in [-0.3, -0.25) is 4.79 Å². The highest BCUT2D eigenvalue weighted by Gasteiger charge is 2.37. The molecule has 3 rings (SSSR count). The number of aliphatic carboxylic acids is 1. The van der Waals surface area contributed by atoms with Gasteiger partial charge in [0, 0.05) is 12.6 Å². The molecule has 1 saturated heterocycles. The van der Waals surface area contributed by atoms with E-state index in [1.165, 1.54) is 4.31 Å². The molecule has 2 aliphatic heterocycles. The van der Waals surface area contributed by atoms with Gasteiger partial charge >= 0.3 is 5.97 Å². The van der Waals surface area contributed by atoms with Crippen LogP contribution in [0.4, 0.5) is 0 Å².